The lowest BCUT2D eigenvalue weighted by Crippen LogP contribution is -2.03. The molecule has 0 saturated carbocycles. The highest BCUT2D eigenvalue weighted by molar-refractivity contribution is 9.10. The third-order valence-corrected chi connectivity index (χ3v) is 3.05. The largest absolute Gasteiger partial charge is 0.495 e. The van der Waals surface area contributed by atoms with Crippen molar-refractivity contribution in [3.05, 3.63) is 22.7 Å². The molecule has 0 fully saturated rings. The molecule has 0 aliphatic heterocycles. The van der Waals surface area contributed by atoms with Gasteiger partial charge >= 0.3 is 0 Å². The van der Waals surface area contributed by atoms with Gasteiger partial charge in [0.25, 0.3) is 0 Å². The molecule has 2 nitrogen and oxygen atoms in total. The van der Waals surface area contributed by atoms with E-state index in [4.69, 9.17) is 4.74 Å². The van der Waals surface area contributed by atoms with Gasteiger partial charge in [0.1, 0.15) is 5.75 Å². The number of hydrogen-bond donors (Lipinski definition) is 1. The summed E-state index contributed by atoms with van der Waals surface area (Å²) in [5.41, 5.74) is 1.10. The fraction of sp³-hybridized carbons (Fsp3) is 0.400. The molecule has 0 heterocycles. The fourth-order valence-corrected chi connectivity index (χ4v) is 1.78. The summed E-state index contributed by atoms with van der Waals surface area (Å²) in [5.74, 6) is 1.97. The monoisotopic (exact) mass is 275 g/mol. The number of ether oxygens (including phenoxy) is 1. The summed E-state index contributed by atoms with van der Waals surface area (Å²) in [6, 6.07) is 6.01. The van der Waals surface area contributed by atoms with E-state index >= 15 is 0 Å². The van der Waals surface area contributed by atoms with E-state index in [0.717, 1.165) is 28.2 Å². The van der Waals surface area contributed by atoms with Gasteiger partial charge in [0.05, 0.1) is 11.6 Å². The predicted molar refractivity (Wildman–Crippen MR) is 67.6 cm³/mol. The van der Waals surface area contributed by atoms with Gasteiger partial charge in [-0.3, -0.25) is 0 Å². The number of anilines is 1. The number of nitrogens with one attached hydrogen (secondary N) is 1. The third kappa shape index (κ3) is 3.42. The number of methoxy groups -OCH3 is 1. The second kappa shape index (κ2) is 6.19. The number of rotatable bonds is 5. The molecule has 4 heteroatoms. The Bertz CT molecular complexity index is 293. The minimum atomic E-state index is 0.860. The number of hydrogen-bond acceptors (Lipinski definition) is 3. The summed E-state index contributed by atoms with van der Waals surface area (Å²) in [6.07, 6.45) is 2.10. The van der Waals surface area contributed by atoms with Crippen molar-refractivity contribution >= 4 is 33.4 Å². The maximum atomic E-state index is 5.20. The van der Waals surface area contributed by atoms with Crippen molar-refractivity contribution in [2.75, 3.05) is 31.0 Å². The van der Waals surface area contributed by atoms with Gasteiger partial charge < -0.3 is 10.1 Å². The van der Waals surface area contributed by atoms with E-state index in [2.05, 4.69) is 27.5 Å². The lowest BCUT2D eigenvalue weighted by Gasteiger charge is -2.08. The number of thioether (sulfide) groups is 1. The van der Waals surface area contributed by atoms with Gasteiger partial charge in [-0.2, -0.15) is 11.8 Å². The molecule has 0 atom stereocenters. The van der Waals surface area contributed by atoms with Crippen LogP contribution in [0.4, 0.5) is 5.69 Å². The Morgan fingerprint density at radius 2 is 2.29 bits per heavy atom. The SMILES string of the molecule is COc1cc(NCCSC)ccc1Br. The van der Waals surface area contributed by atoms with Crippen LogP contribution in [0.1, 0.15) is 0 Å². The second-order valence-electron chi connectivity index (χ2n) is 2.77. The van der Waals surface area contributed by atoms with Crippen molar-refractivity contribution in [3.8, 4) is 5.75 Å². The van der Waals surface area contributed by atoms with Crippen LogP contribution in [0, 0.1) is 0 Å². The van der Waals surface area contributed by atoms with Crippen molar-refractivity contribution in [3.63, 3.8) is 0 Å². The zero-order valence-corrected chi connectivity index (χ0v) is 10.7. The van der Waals surface area contributed by atoms with Crippen LogP contribution in [0.25, 0.3) is 0 Å². The zero-order valence-electron chi connectivity index (χ0n) is 8.34. The van der Waals surface area contributed by atoms with Gasteiger partial charge in [-0.1, -0.05) is 0 Å². The molecule has 0 aliphatic rings. The molecule has 0 bridgehead atoms. The molecule has 78 valence electrons. The van der Waals surface area contributed by atoms with E-state index in [9.17, 15) is 0 Å². The standard InChI is InChI=1S/C10H14BrNOS/c1-13-10-7-8(3-4-9(10)11)12-5-6-14-2/h3-4,7,12H,5-6H2,1-2H3. The molecule has 0 aromatic heterocycles. The molecule has 1 rings (SSSR count). The first-order valence-corrected chi connectivity index (χ1v) is 6.53. The second-order valence-corrected chi connectivity index (χ2v) is 4.61. The van der Waals surface area contributed by atoms with Crippen molar-refractivity contribution < 1.29 is 4.74 Å². The molecule has 1 N–H and O–H groups in total. The zero-order chi connectivity index (χ0) is 10.4. The molecule has 0 aliphatic carbocycles. The van der Waals surface area contributed by atoms with Gasteiger partial charge in [0.2, 0.25) is 0 Å². The van der Waals surface area contributed by atoms with Crippen LogP contribution >= 0.6 is 27.7 Å². The minimum absolute atomic E-state index is 0.860. The van der Waals surface area contributed by atoms with Gasteiger partial charge in [0, 0.05) is 24.1 Å². The van der Waals surface area contributed by atoms with E-state index in [1.165, 1.54) is 0 Å². The Morgan fingerprint density at radius 1 is 1.50 bits per heavy atom. The van der Waals surface area contributed by atoms with Crippen molar-refractivity contribution in [1.82, 2.24) is 0 Å². The van der Waals surface area contributed by atoms with Gasteiger partial charge in [-0.15, -0.1) is 0 Å². The minimum Gasteiger partial charge on any atom is -0.495 e. The van der Waals surface area contributed by atoms with Crippen LogP contribution in [-0.2, 0) is 0 Å². The van der Waals surface area contributed by atoms with Crippen LogP contribution in [-0.4, -0.2) is 25.7 Å². The van der Waals surface area contributed by atoms with E-state index < -0.39 is 0 Å². The molecule has 14 heavy (non-hydrogen) atoms. The average molecular weight is 276 g/mol. The Labute approximate surface area is 97.5 Å². The summed E-state index contributed by atoms with van der Waals surface area (Å²) >= 11 is 5.25. The highest BCUT2D eigenvalue weighted by atomic mass is 79.9. The van der Waals surface area contributed by atoms with E-state index in [-0.39, 0.29) is 0 Å². The highest BCUT2D eigenvalue weighted by Gasteiger charge is 2.00. The van der Waals surface area contributed by atoms with Gasteiger partial charge in [0.15, 0.2) is 0 Å². The molecule has 0 spiro atoms. The van der Waals surface area contributed by atoms with E-state index in [1.807, 2.05) is 30.0 Å². The smallest absolute Gasteiger partial charge is 0.135 e. The molecule has 1 aromatic carbocycles. The highest BCUT2D eigenvalue weighted by Crippen LogP contribution is 2.27. The molecule has 1 aromatic rings. The first-order chi connectivity index (χ1) is 6.77. The molecular weight excluding hydrogens is 262 g/mol. The molecule has 0 radical (unpaired) electrons. The summed E-state index contributed by atoms with van der Waals surface area (Å²) < 4.78 is 6.18. The average Bonchev–Trinajstić information content (AvgIpc) is 2.21. The topological polar surface area (TPSA) is 21.3 Å². The van der Waals surface area contributed by atoms with Crippen LogP contribution in [0.3, 0.4) is 0 Å². The molecular formula is C10H14BrNOS. The maximum absolute atomic E-state index is 5.20. The van der Waals surface area contributed by atoms with Gasteiger partial charge in [-0.25, -0.2) is 0 Å². The number of benzene rings is 1. The maximum Gasteiger partial charge on any atom is 0.135 e. The van der Waals surface area contributed by atoms with E-state index in [1.54, 1.807) is 7.11 Å². The summed E-state index contributed by atoms with van der Waals surface area (Å²) in [5, 5.41) is 3.33. The van der Waals surface area contributed by atoms with Crippen LogP contribution in [0.15, 0.2) is 22.7 Å². The lowest BCUT2D eigenvalue weighted by atomic mass is 10.3. The molecule has 0 amide bonds. The molecule has 0 saturated heterocycles. The summed E-state index contributed by atoms with van der Waals surface area (Å²) in [6.45, 7) is 0.978. The first-order valence-electron chi connectivity index (χ1n) is 4.34. The van der Waals surface area contributed by atoms with Crippen LogP contribution in [0.2, 0.25) is 0 Å². The van der Waals surface area contributed by atoms with Gasteiger partial charge in [-0.05, 0) is 34.3 Å². The Hall–Kier alpha value is -0.350. The van der Waals surface area contributed by atoms with Crippen LogP contribution < -0.4 is 10.1 Å². The first kappa shape index (κ1) is 11.7. The number of halogens is 1. The third-order valence-electron chi connectivity index (χ3n) is 1.79. The Balaban J connectivity index is 2.60. The molecule has 0 unspecified atom stereocenters. The summed E-state index contributed by atoms with van der Waals surface area (Å²) in [4.78, 5) is 0. The van der Waals surface area contributed by atoms with Crippen molar-refractivity contribution in [2.45, 2.75) is 0 Å². The fourth-order valence-electron chi connectivity index (χ4n) is 1.07. The van der Waals surface area contributed by atoms with E-state index in [0.29, 0.717) is 0 Å². The predicted octanol–water partition coefficient (Wildman–Crippen LogP) is 3.23. The normalized spacial score (nSPS) is 9.93. The van der Waals surface area contributed by atoms with Crippen molar-refractivity contribution in [1.29, 1.82) is 0 Å². The summed E-state index contributed by atoms with van der Waals surface area (Å²) in [7, 11) is 1.67. The quantitative estimate of drug-likeness (QED) is 0.834. The van der Waals surface area contributed by atoms with Crippen LogP contribution in [0.5, 0.6) is 5.75 Å². The van der Waals surface area contributed by atoms with Crippen molar-refractivity contribution in [2.24, 2.45) is 0 Å². The lowest BCUT2D eigenvalue weighted by molar-refractivity contribution is 0.412. The Morgan fingerprint density at radius 3 is 2.93 bits per heavy atom. The Kier molecular flexibility index (Phi) is 5.19.